The van der Waals surface area contributed by atoms with Crippen LogP contribution in [0.4, 0.5) is 8.78 Å². The van der Waals surface area contributed by atoms with E-state index < -0.39 is 17.4 Å². The lowest BCUT2D eigenvalue weighted by molar-refractivity contribution is 0.0580. The number of benzene rings is 1. The van der Waals surface area contributed by atoms with Crippen LogP contribution in [-0.2, 0) is 4.74 Å². The van der Waals surface area contributed by atoms with Crippen LogP contribution in [0.2, 0.25) is 0 Å². The zero-order valence-corrected chi connectivity index (χ0v) is 8.59. The van der Waals surface area contributed by atoms with Crippen molar-refractivity contribution in [3.8, 4) is 0 Å². The summed E-state index contributed by atoms with van der Waals surface area (Å²) in [6.45, 7) is 3.28. The summed E-state index contributed by atoms with van der Waals surface area (Å²) >= 11 is 0. The number of carbonyl (C=O) groups is 1. The minimum Gasteiger partial charge on any atom is -0.371 e. The van der Waals surface area contributed by atoms with Gasteiger partial charge in [0, 0.05) is 0 Å². The summed E-state index contributed by atoms with van der Waals surface area (Å²) in [5.74, 6) is -2.69. The molecule has 4 heteroatoms. The predicted molar refractivity (Wildman–Crippen MR) is 51.8 cm³/mol. The molecule has 0 N–H and O–H groups in total. The second kappa shape index (κ2) is 4.98. The van der Waals surface area contributed by atoms with Gasteiger partial charge in [-0.25, -0.2) is 8.78 Å². The van der Waals surface area contributed by atoms with Gasteiger partial charge in [-0.15, -0.1) is 0 Å². The lowest BCUT2D eigenvalue weighted by Gasteiger charge is -2.07. The molecule has 0 saturated carbocycles. The maximum atomic E-state index is 13.1. The summed E-state index contributed by atoms with van der Waals surface area (Å²) in [7, 11) is 0. The van der Waals surface area contributed by atoms with Crippen LogP contribution in [0, 0.1) is 11.6 Å². The maximum Gasteiger partial charge on any atom is 0.191 e. The van der Waals surface area contributed by atoms with Gasteiger partial charge in [0.15, 0.2) is 17.4 Å². The van der Waals surface area contributed by atoms with Crippen LogP contribution in [0.5, 0.6) is 0 Å². The maximum absolute atomic E-state index is 13.1. The number of hydrogen-bond donors (Lipinski definition) is 0. The average molecular weight is 214 g/mol. The molecule has 0 spiro atoms. The van der Waals surface area contributed by atoms with Gasteiger partial charge in [0.25, 0.3) is 0 Å². The zero-order valence-electron chi connectivity index (χ0n) is 8.59. The number of ether oxygens (including phenoxy) is 1. The SMILES string of the molecule is CC(C)OCC(=O)c1cccc(F)c1F. The van der Waals surface area contributed by atoms with Crippen LogP contribution < -0.4 is 0 Å². The van der Waals surface area contributed by atoms with E-state index in [0.717, 1.165) is 6.07 Å². The van der Waals surface area contributed by atoms with Gasteiger partial charge in [-0.1, -0.05) is 6.07 Å². The van der Waals surface area contributed by atoms with Crippen molar-refractivity contribution >= 4 is 5.78 Å². The monoisotopic (exact) mass is 214 g/mol. The van der Waals surface area contributed by atoms with Crippen LogP contribution >= 0.6 is 0 Å². The smallest absolute Gasteiger partial charge is 0.191 e. The Bertz CT molecular complexity index is 362. The molecule has 0 atom stereocenters. The highest BCUT2D eigenvalue weighted by molar-refractivity contribution is 5.97. The standard InChI is InChI=1S/C11H12F2O2/c1-7(2)15-6-10(14)8-4-3-5-9(12)11(8)13/h3-5,7H,6H2,1-2H3. The van der Waals surface area contributed by atoms with Gasteiger partial charge in [0.1, 0.15) is 6.61 Å². The first kappa shape index (κ1) is 11.8. The Morgan fingerprint density at radius 1 is 1.40 bits per heavy atom. The molecular weight excluding hydrogens is 202 g/mol. The highest BCUT2D eigenvalue weighted by Gasteiger charge is 2.15. The van der Waals surface area contributed by atoms with Crippen LogP contribution in [0.15, 0.2) is 18.2 Å². The van der Waals surface area contributed by atoms with E-state index in [-0.39, 0.29) is 18.3 Å². The van der Waals surface area contributed by atoms with E-state index in [9.17, 15) is 13.6 Å². The van der Waals surface area contributed by atoms with Gasteiger partial charge < -0.3 is 4.74 Å². The molecule has 0 amide bonds. The molecule has 1 aromatic rings. The molecule has 0 bridgehead atoms. The second-order valence-corrected chi connectivity index (χ2v) is 3.38. The molecule has 0 unspecified atom stereocenters. The summed E-state index contributed by atoms with van der Waals surface area (Å²) in [5, 5.41) is 0. The van der Waals surface area contributed by atoms with E-state index in [1.54, 1.807) is 13.8 Å². The fourth-order valence-corrected chi connectivity index (χ4v) is 1.04. The molecule has 82 valence electrons. The molecule has 1 rings (SSSR count). The van der Waals surface area contributed by atoms with E-state index >= 15 is 0 Å². The zero-order chi connectivity index (χ0) is 11.4. The summed E-state index contributed by atoms with van der Waals surface area (Å²) < 4.78 is 30.9. The third-order valence-corrected chi connectivity index (χ3v) is 1.80. The van der Waals surface area contributed by atoms with Crippen molar-refractivity contribution in [3.63, 3.8) is 0 Å². The fourth-order valence-electron chi connectivity index (χ4n) is 1.04. The van der Waals surface area contributed by atoms with Crippen molar-refractivity contribution in [2.75, 3.05) is 6.61 Å². The molecule has 2 nitrogen and oxygen atoms in total. The molecule has 0 radical (unpaired) electrons. The molecule has 15 heavy (non-hydrogen) atoms. The minimum atomic E-state index is -1.12. The normalized spacial score (nSPS) is 10.7. The van der Waals surface area contributed by atoms with Gasteiger partial charge >= 0.3 is 0 Å². The topological polar surface area (TPSA) is 26.3 Å². The van der Waals surface area contributed by atoms with Gasteiger partial charge in [0.2, 0.25) is 0 Å². The van der Waals surface area contributed by atoms with E-state index in [0.29, 0.717) is 0 Å². The molecule has 0 aliphatic rings. The molecule has 0 heterocycles. The van der Waals surface area contributed by atoms with Crippen molar-refractivity contribution in [3.05, 3.63) is 35.4 Å². The Balaban J connectivity index is 2.78. The van der Waals surface area contributed by atoms with Crippen LogP contribution in [0.25, 0.3) is 0 Å². The van der Waals surface area contributed by atoms with Gasteiger partial charge in [-0.2, -0.15) is 0 Å². The molecule has 0 saturated heterocycles. The highest BCUT2D eigenvalue weighted by atomic mass is 19.2. The number of hydrogen-bond acceptors (Lipinski definition) is 2. The minimum absolute atomic E-state index is 0.120. The lowest BCUT2D eigenvalue weighted by Crippen LogP contribution is -2.15. The third-order valence-electron chi connectivity index (χ3n) is 1.80. The van der Waals surface area contributed by atoms with Crippen LogP contribution in [0.3, 0.4) is 0 Å². The molecule has 0 aliphatic heterocycles. The number of ketones is 1. The Kier molecular flexibility index (Phi) is 3.91. The van der Waals surface area contributed by atoms with Crippen molar-refractivity contribution in [2.24, 2.45) is 0 Å². The highest BCUT2D eigenvalue weighted by Crippen LogP contribution is 2.12. The average Bonchev–Trinajstić information content (AvgIpc) is 2.18. The second-order valence-electron chi connectivity index (χ2n) is 3.38. The van der Waals surface area contributed by atoms with Crippen molar-refractivity contribution in [2.45, 2.75) is 20.0 Å². The molecule has 1 aromatic carbocycles. The van der Waals surface area contributed by atoms with Gasteiger partial charge in [-0.05, 0) is 26.0 Å². The van der Waals surface area contributed by atoms with Crippen molar-refractivity contribution < 1.29 is 18.3 Å². The van der Waals surface area contributed by atoms with Crippen LogP contribution in [-0.4, -0.2) is 18.5 Å². The predicted octanol–water partition coefficient (Wildman–Crippen LogP) is 2.57. The number of halogens is 2. The van der Waals surface area contributed by atoms with E-state index in [1.807, 2.05) is 0 Å². The first-order valence-corrected chi connectivity index (χ1v) is 4.61. The molecule has 0 aromatic heterocycles. The molecule has 0 fully saturated rings. The Labute approximate surface area is 86.9 Å². The summed E-state index contributed by atoms with van der Waals surface area (Å²) in [6.07, 6.45) is -0.120. The first-order chi connectivity index (χ1) is 7.02. The van der Waals surface area contributed by atoms with E-state index in [2.05, 4.69) is 0 Å². The van der Waals surface area contributed by atoms with Crippen molar-refractivity contribution in [1.82, 2.24) is 0 Å². The summed E-state index contributed by atoms with van der Waals surface area (Å²) in [6, 6.07) is 3.50. The van der Waals surface area contributed by atoms with Gasteiger partial charge in [0.05, 0.1) is 11.7 Å². The van der Waals surface area contributed by atoms with Crippen LogP contribution in [0.1, 0.15) is 24.2 Å². The summed E-state index contributed by atoms with van der Waals surface area (Å²) in [4.78, 5) is 11.4. The Morgan fingerprint density at radius 3 is 2.67 bits per heavy atom. The lowest BCUT2D eigenvalue weighted by atomic mass is 10.1. The quantitative estimate of drug-likeness (QED) is 0.720. The summed E-state index contributed by atoms with van der Waals surface area (Å²) in [5.41, 5.74) is -0.268. The third kappa shape index (κ3) is 3.09. The Morgan fingerprint density at radius 2 is 2.07 bits per heavy atom. The number of rotatable bonds is 4. The Hall–Kier alpha value is -1.29. The fraction of sp³-hybridized carbons (Fsp3) is 0.364. The number of Topliss-reactive ketones (excluding diaryl/α,β-unsaturated/α-hetero) is 1. The van der Waals surface area contributed by atoms with E-state index in [4.69, 9.17) is 4.74 Å². The van der Waals surface area contributed by atoms with E-state index in [1.165, 1.54) is 12.1 Å². The van der Waals surface area contributed by atoms with Gasteiger partial charge in [-0.3, -0.25) is 4.79 Å². The number of carbonyl (C=O) groups excluding carboxylic acids is 1. The first-order valence-electron chi connectivity index (χ1n) is 4.61. The van der Waals surface area contributed by atoms with Crippen molar-refractivity contribution in [1.29, 1.82) is 0 Å². The molecule has 0 aliphatic carbocycles. The largest absolute Gasteiger partial charge is 0.371 e. The molecular formula is C11H12F2O2.